The first-order chi connectivity index (χ1) is 21.8. The van der Waals surface area contributed by atoms with E-state index in [1.54, 1.807) is 30.3 Å². The molecule has 0 aliphatic carbocycles. The number of anilines is 1. The van der Waals surface area contributed by atoms with Crippen molar-refractivity contribution in [3.05, 3.63) is 96.3 Å². The number of hydrogen-bond acceptors (Lipinski definition) is 7. The molecular weight excluding hydrogens is 640 g/mol. The van der Waals surface area contributed by atoms with Gasteiger partial charge in [0, 0.05) is 18.1 Å². The zero-order valence-electron chi connectivity index (χ0n) is 23.3. The van der Waals surface area contributed by atoms with Gasteiger partial charge in [-0.05, 0) is 47.5 Å². The van der Waals surface area contributed by atoms with Crippen LogP contribution in [0.4, 0.5) is 36.8 Å². The third kappa shape index (κ3) is 8.53. The van der Waals surface area contributed by atoms with Crippen LogP contribution in [-0.2, 0) is 16.0 Å². The smallest absolute Gasteiger partial charge is 0.448 e. The Morgan fingerprint density at radius 3 is 2.39 bits per heavy atom. The van der Waals surface area contributed by atoms with Gasteiger partial charge in [-0.15, -0.1) is 18.3 Å². The quantitative estimate of drug-likeness (QED) is 0.184. The Labute approximate surface area is 261 Å². The first kappa shape index (κ1) is 32.3. The number of carbonyl (C=O) groups excluding carboxylic acids is 2. The van der Waals surface area contributed by atoms with E-state index < -0.39 is 24.5 Å². The SMILES string of the molecule is O=C(/N=C1\SCC(=O)N1c1ccccc1/C=C/C(F)(F)F)OCCc1ccc(-c2ncn(-c3ccc(OC(F)(F)F)cc3)n2)cc1. The highest BCUT2D eigenvalue weighted by Crippen LogP contribution is 2.31. The minimum atomic E-state index is -4.79. The second-order valence-corrected chi connectivity index (χ2v) is 10.4. The highest BCUT2D eigenvalue weighted by molar-refractivity contribution is 8.15. The van der Waals surface area contributed by atoms with E-state index in [0.29, 0.717) is 23.5 Å². The molecule has 1 fully saturated rings. The largest absolute Gasteiger partial charge is 0.573 e. The normalized spacial score (nSPS) is 14.8. The summed E-state index contributed by atoms with van der Waals surface area (Å²) in [7, 11) is 0. The van der Waals surface area contributed by atoms with Crippen LogP contribution in [-0.4, -0.2) is 56.8 Å². The highest BCUT2D eigenvalue weighted by atomic mass is 32.2. The number of aliphatic imine (C=N–C) groups is 1. The third-order valence-corrected chi connectivity index (χ3v) is 7.16. The molecular formula is C30H21F6N5O4S. The molecule has 0 saturated carbocycles. The van der Waals surface area contributed by atoms with Crippen LogP contribution in [0.1, 0.15) is 11.1 Å². The van der Waals surface area contributed by atoms with Crippen molar-refractivity contribution >= 4 is 40.7 Å². The first-order valence-corrected chi connectivity index (χ1v) is 14.3. The Kier molecular flexibility index (Phi) is 9.46. The number of alkyl halides is 6. The standard InChI is InChI=1S/C30H21F6N5O4S/c31-29(32,33)15-13-20-3-1-2-4-24(20)41-25(42)17-46-27(41)38-28(43)44-16-14-19-5-7-21(8-6-19)26-37-18-40(39-26)22-9-11-23(12-10-22)45-30(34,35)36/h1-13,15,18H,14,16-17H2/b15-13+,38-27-. The molecule has 1 aliphatic heterocycles. The minimum absolute atomic E-state index is 0.00951. The number of aromatic nitrogens is 3. The lowest BCUT2D eigenvalue weighted by molar-refractivity contribution is -0.274. The number of allylic oxidation sites excluding steroid dienone is 1. The van der Waals surface area contributed by atoms with Crippen LogP contribution in [0.2, 0.25) is 0 Å². The number of amides is 2. The molecule has 0 atom stereocenters. The summed E-state index contributed by atoms with van der Waals surface area (Å²) in [5.41, 5.74) is 2.21. The maximum Gasteiger partial charge on any atom is 0.573 e. The van der Waals surface area contributed by atoms with Crippen molar-refractivity contribution in [3.8, 4) is 22.8 Å². The van der Waals surface area contributed by atoms with Gasteiger partial charge >= 0.3 is 18.6 Å². The molecule has 1 saturated heterocycles. The van der Waals surface area contributed by atoms with Gasteiger partial charge in [0.05, 0.1) is 23.7 Å². The van der Waals surface area contributed by atoms with Crippen LogP contribution < -0.4 is 9.64 Å². The molecule has 5 rings (SSSR count). The lowest BCUT2D eigenvalue weighted by Gasteiger charge is -2.18. The van der Waals surface area contributed by atoms with Gasteiger partial charge in [0.25, 0.3) is 0 Å². The Balaban J connectivity index is 1.17. The van der Waals surface area contributed by atoms with Crippen LogP contribution in [0.3, 0.4) is 0 Å². The van der Waals surface area contributed by atoms with Gasteiger partial charge in [-0.2, -0.15) is 18.2 Å². The lowest BCUT2D eigenvalue weighted by atomic mass is 10.1. The Morgan fingerprint density at radius 1 is 0.978 bits per heavy atom. The predicted molar refractivity (Wildman–Crippen MR) is 157 cm³/mol. The van der Waals surface area contributed by atoms with Gasteiger partial charge in [0.2, 0.25) is 5.91 Å². The van der Waals surface area contributed by atoms with Crippen LogP contribution in [0.5, 0.6) is 5.75 Å². The number of para-hydroxylation sites is 1. The van der Waals surface area contributed by atoms with E-state index in [1.165, 1.54) is 53.5 Å². The number of nitrogens with zero attached hydrogens (tertiary/aromatic N) is 5. The number of ether oxygens (including phenoxy) is 2. The van der Waals surface area contributed by atoms with Crippen molar-refractivity contribution < 1.29 is 45.4 Å². The van der Waals surface area contributed by atoms with E-state index in [1.807, 2.05) is 0 Å². The molecule has 3 aromatic carbocycles. The van der Waals surface area contributed by atoms with Gasteiger partial charge in [-0.1, -0.05) is 54.2 Å². The molecule has 2 heterocycles. The maximum absolute atomic E-state index is 12.7. The second kappa shape index (κ2) is 13.5. The molecule has 0 unspecified atom stereocenters. The summed E-state index contributed by atoms with van der Waals surface area (Å²) in [4.78, 5) is 34.2. The number of rotatable bonds is 8. The molecule has 0 spiro atoms. The highest BCUT2D eigenvalue weighted by Gasteiger charge is 2.32. The first-order valence-electron chi connectivity index (χ1n) is 13.3. The lowest BCUT2D eigenvalue weighted by Crippen LogP contribution is -2.30. The fourth-order valence-corrected chi connectivity index (χ4v) is 5.06. The summed E-state index contributed by atoms with van der Waals surface area (Å²) in [6.45, 7) is -0.0423. The number of hydrogen-bond donors (Lipinski definition) is 0. The molecule has 0 bridgehead atoms. The zero-order valence-corrected chi connectivity index (χ0v) is 24.1. The van der Waals surface area contributed by atoms with Crippen LogP contribution in [0.15, 0.2) is 90.2 Å². The minimum Gasteiger partial charge on any atom is -0.448 e. The van der Waals surface area contributed by atoms with E-state index in [4.69, 9.17) is 4.74 Å². The molecule has 9 nitrogen and oxygen atoms in total. The van der Waals surface area contributed by atoms with Gasteiger partial charge in [-0.25, -0.2) is 14.5 Å². The van der Waals surface area contributed by atoms with E-state index in [9.17, 15) is 35.9 Å². The molecule has 1 aliphatic rings. The summed E-state index contributed by atoms with van der Waals surface area (Å²) in [5.74, 6) is -0.488. The maximum atomic E-state index is 12.7. The molecule has 0 N–H and O–H groups in total. The number of carbonyl (C=O) groups is 2. The summed E-state index contributed by atoms with van der Waals surface area (Å²) < 4.78 is 85.8. The third-order valence-electron chi connectivity index (χ3n) is 6.24. The van der Waals surface area contributed by atoms with Crippen molar-refractivity contribution in [1.82, 2.24) is 14.8 Å². The van der Waals surface area contributed by atoms with E-state index in [2.05, 4.69) is 19.8 Å². The van der Waals surface area contributed by atoms with Crippen LogP contribution in [0.25, 0.3) is 23.2 Å². The van der Waals surface area contributed by atoms with Gasteiger partial charge in [0.1, 0.15) is 12.1 Å². The molecule has 16 heteroatoms. The summed E-state index contributed by atoms with van der Waals surface area (Å²) >= 11 is 0.965. The van der Waals surface area contributed by atoms with E-state index in [-0.39, 0.29) is 40.6 Å². The summed E-state index contributed by atoms with van der Waals surface area (Å²) in [6, 6.07) is 18.1. The number of amidine groups is 1. The molecule has 46 heavy (non-hydrogen) atoms. The molecule has 1 aromatic heterocycles. The Bertz CT molecular complexity index is 1770. The summed E-state index contributed by atoms with van der Waals surface area (Å²) in [5, 5.41) is 4.34. The second-order valence-electron chi connectivity index (χ2n) is 9.46. The fraction of sp³-hybridized carbons (Fsp3) is 0.167. The van der Waals surface area contributed by atoms with Crippen molar-refractivity contribution in [3.63, 3.8) is 0 Å². The topological polar surface area (TPSA) is 98.9 Å². The van der Waals surface area contributed by atoms with Crippen molar-refractivity contribution in [2.45, 2.75) is 19.0 Å². The van der Waals surface area contributed by atoms with E-state index >= 15 is 0 Å². The van der Waals surface area contributed by atoms with Crippen LogP contribution >= 0.6 is 11.8 Å². The predicted octanol–water partition coefficient (Wildman–Crippen LogP) is 7.22. The average Bonchev–Trinajstić information content (AvgIpc) is 3.63. The molecule has 2 amide bonds. The zero-order chi connectivity index (χ0) is 32.9. The molecule has 238 valence electrons. The van der Waals surface area contributed by atoms with Crippen molar-refractivity contribution in [2.24, 2.45) is 4.99 Å². The van der Waals surface area contributed by atoms with Gasteiger partial charge < -0.3 is 9.47 Å². The number of benzene rings is 3. The van der Waals surface area contributed by atoms with Gasteiger partial charge in [0.15, 0.2) is 11.0 Å². The van der Waals surface area contributed by atoms with Crippen molar-refractivity contribution in [2.75, 3.05) is 17.3 Å². The Morgan fingerprint density at radius 2 is 1.70 bits per heavy atom. The monoisotopic (exact) mass is 661 g/mol. The molecule has 4 aromatic rings. The van der Waals surface area contributed by atoms with E-state index in [0.717, 1.165) is 28.3 Å². The van der Waals surface area contributed by atoms with Crippen molar-refractivity contribution in [1.29, 1.82) is 0 Å². The number of halogens is 6. The summed E-state index contributed by atoms with van der Waals surface area (Å²) in [6.07, 6.45) is -7.66. The van der Waals surface area contributed by atoms with Gasteiger partial charge in [-0.3, -0.25) is 9.69 Å². The number of thioether (sulfide) groups is 1. The molecule has 0 radical (unpaired) electrons. The fourth-order valence-electron chi connectivity index (χ4n) is 4.21. The average molecular weight is 662 g/mol. The Hall–Kier alpha value is -5.12. The van der Waals surface area contributed by atoms with Crippen LogP contribution in [0, 0.1) is 0 Å².